The van der Waals surface area contributed by atoms with E-state index in [9.17, 15) is 0 Å². The van der Waals surface area contributed by atoms with E-state index >= 15 is 0 Å². The maximum Gasteiger partial charge on any atom is 0.0967 e. The summed E-state index contributed by atoms with van der Waals surface area (Å²) in [6.07, 6.45) is 6.42. The third kappa shape index (κ3) is 4.22. The Hall–Kier alpha value is -2.35. The summed E-state index contributed by atoms with van der Waals surface area (Å²) < 4.78 is 8.00. The summed E-state index contributed by atoms with van der Waals surface area (Å²) in [5.41, 5.74) is 3.46. The lowest BCUT2D eigenvalue weighted by molar-refractivity contribution is -0.00547. The number of hydrogen-bond donors (Lipinski definition) is 0. The van der Waals surface area contributed by atoms with Gasteiger partial charge in [0, 0.05) is 44.9 Å². The summed E-state index contributed by atoms with van der Waals surface area (Å²) in [5.74, 6) is 1.35. The van der Waals surface area contributed by atoms with Crippen LogP contribution in [0, 0.1) is 11.8 Å². The zero-order valence-corrected chi connectivity index (χ0v) is 18.7. The van der Waals surface area contributed by atoms with Crippen LogP contribution in [-0.2, 0) is 17.8 Å². The normalized spacial score (nSPS) is 26.6. The Labute approximate surface area is 184 Å². The average molecular weight is 421 g/mol. The van der Waals surface area contributed by atoms with Crippen LogP contribution in [0.1, 0.15) is 30.1 Å². The van der Waals surface area contributed by atoms with Gasteiger partial charge in [0.15, 0.2) is 0 Å². The van der Waals surface area contributed by atoms with Crippen LogP contribution in [0.15, 0.2) is 42.7 Å². The van der Waals surface area contributed by atoms with Crippen LogP contribution in [0.4, 0.5) is 0 Å². The maximum absolute atomic E-state index is 5.94. The molecule has 2 aliphatic rings. The van der Waals surface area contributed by atoms with Gasteiger partial charge < -0.3 is 9.64 Å². The SMILES string of the molecule is CO[C@@H]1C[C@H]2CN(Cc3ccnc4ccccc34)C[C@H]2C[C@H]1n1cc(CN(C)C)nn1. The molecule has 0 N–H and O–H groups in total. The highest BCUT2D eigenvalue weighted by molar-refractivity contribution is 5.81. The standard InChI is InChI=1S/C24H32N6O/c1-28(2)15-20-16-30(27-26-20)23-10-18-13-29(14-19(18)11-24(23)31-3)12-17-8-9-25-22-7-5-4-6-21(17)22/h4-9,16,18-19,23-24H,10-15H2,1-3H3/t18-,19+,23-,24-/m1/s1. The first kappa shape index (κ1) is 20.5. The summed E-state index contributed by atoms with van der Waals surface area (Å²) in [6, 6.07) is 10.9. The first-order chi connectivity index (χ1) is 15.1. The molecule has 0 spiro atoms. The summed E-state index contributed by atoms with van der Waals surface area (Å²) in [4.78, 5) is 9.26. The predicted octanol–water partition coefficient (Wildman–Crippen LogP) is 2.99. The Kier molecular flexibility index (Phi) is 5.73. The van der Waals surface area contributed by atoms with Crippen molar-refractivity contribution >= 4 is 10.9 Å². The van der Waals surface area contributed by atoms with Crippen molar-refractivity contribution in [1.29, 1.82) is 0 Å². The van der Waals surface area contributed by atoms with Crippen molar-refractivity contribution in [3.63, 3.8) is 0 Å². The van der Waals surface area contributed by atoms with Crippen LogP contribution >= 0.6 is 0 Å². The number of ether oxygens (including phenoxy) is 1. The number of likely N-dealkylation sites (tertiary alicyclic amines) is 1. The molecule has 5 rings (SSSR count). The lowest BCUT2D eigenvalue weighted by Crippen LogP contribution is -2.37. The molecule has 2 fully saturated rings. The fraction of sp³-hybridized carbons (Fsp3) is 0.542. The van der Waals surface area contributed by atoms with Crippen LogP contribution in [0.5, 0.6) is 0 Å². The molecule has 2 aromatic heterocycles. The second-order valence-corrected chi connectivity index (χ2v) is 9.44. The number of fused-ring (bicyclic) bond motifs is 2. The number of aromatic nitrogens is 4. The molecule has 0 bridgehead atoms. The van der Waals surface area contributed by atoms with E-state index in [2.05, 4.69) is 80.4 Å². The third-order valence-corrected chi connectivity index (χ3v) is 6.97. The number of methoxy groups -OCH3 is 1. The zero-order chi connectivity index (χ0) is 21.4. The maximum atomic E-state index is 5.94. The molecule has 1 aromatic carbocycles. The van der Waals surface area contributed by atoms with Crippen LogP contribution in [0.3, 0.4) is 0 Å². The van der Waals surface area contributed by atoms with Crippen molar-refractivity contribution in [2.24, 2.45) is 11.8 Å². The van der Waals surface area contributed by atoms with Gasteiger partial charge >= 0.3 is 0 Å². The Balaban J connectivity index is 1.30. The smallest absolute Gasteiger partial charge is 0.0967 e. The Morgan fingerprint density at radius 1 is 1.10 bits per heavy atom. The first-order valence-electron chi connectivity index (χ1n) is 11.2. The van der Waals surface area contributed by atoms with Crippen LogP contribution in [0.2, 0.25) is 0 Å². The van der Waals surface area contributed by atoms with Gasteiger partial charge in [-0.05, 0) is 56.5 Å². The van der Waals surface area contributed by atoms with E-state index in [-0.39, 0.29) is 12.1 Å². The van der Waals surface area contributed by atoms with Crippen molar-refractivity contribution in [3.05, 3.63) is 54.0 Å². The van der Waals surface area contributed by atoms with Crippen LogP contribution in [-0.4, -0.2) is 70.2 Å². The van der Waals surface area contributed by atoms with Crippen molar-refractivity contribution in [1.82, 2.24) is 29.8 Å². The van der Waals surface area contributed by atoms with Gasteiger partial charge in [-0.15, -0.1) is 5.10 Å². The number of pyridine rings is 1. The van der Waals surface area contributed by atoms with Crippen LogP contribution < -0.4 is 0 Å². The second kappa shape index (κ2) is 8.65. The molecule has 0 amide bonds. The molecule has 164 valence electrons. The quantitative estimate of drug-likeness (QED) is 0.611. The van der Waals surface area contributed by atoms with Gasteiger partial charge in [-0.3, -0.25) is 9.88 Å². The molecule has 1 aliphatic carbocycles. The summed E-state index contributed by atoms with van der Waals surface area (Å²) in [5, 5.41) is 10.1. The van der Waals surface area contributed by atoms with Crippen molar-refractivity contribution in [3.8, 4) is 0 Å². The van der Waals surface area contributed by atoms with Gasteiger partial charge in [0.1, 0.15) is 0 Å². The van der Waals surface area contributed by atoms with Crippen molar-refractivity contribution < 1.29 is 4.74 Å². The third-order valence-electron chi connectivity index (χ3n) is 6.97. The number of rotatable bonds is 6. The first-order valence-corrected chi connectivity index (χ1v) is 11.2. The lowest BCUT2D eigenvalue weighted by atomic mass is 9.77. The monoisotopic (exact) mass is 420 g/mol. The molecule has 1 aliphatic heterocycles. The number of hydrogen-bond acceptors (Lipinski definition) is 6. The molecule has 1 saturated heterocycles. The minimum atomic E-state index is 0.192. The molecule has 3 heterocycles. The van der Waals surface area contributed by atoms with Crippen LogP contribution in [0.25, 0.3) is 10.9 Å². The number of benzene rings is 1. The molecule has 1 saturated carbocycles. The van der Waals surface area contributed by atoms with Gasteiger partial charge in [-0.25, -0.2) is 4.68 Å². The van der Waals surface area contributed by atoms with E-state index in [1.165, 1.54) is 10.9 Å². The zero-order valence-electron chi connectivity index (χ0n) is 18.7. The fourth-order valence-electron chi connectivity index (χ4n) is 5.55. The molecule has 0 unspecified atom stereocenters. The topological polar surface area (TPSA) is 59.3 Å². The molecule has 4 atom stereocenters. The fourth-order valence-corrected chi connectivity index (χ4v) is 5.55. The largest absolute Gasteiger partial charge is 0.379 e. The summed E-state index contributed by atoms with van der Waals surface area (Å²) in [6.45, 7) is 4.06. The highest BCUT2D eigenvalue weighted by atomic mass is 16.5. The van der Waals surface area contributed by atoms with E-state index in [1.54, 1.807) is 0 Å². The molecular formula is C24H32N6O. The van der Waals surface area contributed by atoms with Gasteiger partial charge in [0.25, 0.3) is 0 Å². The van der Waals surface area contributed by atoms with E-state index in [0.29, 0.717) is 11.8 Å². The van der Waals surface area contributed by atoms with Crippen molar-refractivity contribution in [2.45, 2.75) is 38.1 Å². The number of nitrogens with zero attached hydrogens (tertiary/aromatic N) is 6. The minimum absolute atomic E-state index is 0.192. The summed E-state index contributed by atoms with van der Waals surface area (Å²) in [7, 11) is 5.95. The van der Waals surface area contributed by atoms with E-state index in [4.69, 9.17) is 4.74 Å². The minimum Gasteiger partial charge on any atom is -0.379 e. The van der Waals surface area contributed by atoms with Gasteiger partial charge in [0.05, 0.1) is 29.6 Å². The van der Waals surface area contributed by atoms with E-state index in [0.717, 1.165) is 50.2 Å². The Morgan fingerprint density at radius 2 is 1.90 bits per heavy atom. The predicted molar refractivity (Wildman–Crippen MR) is 120 cm³/mol. The highest BCUT2D eigenvalue weighted by Crippen LogP contribution is 2.42. The van der Waals surface area contributed by atoms with Crippen molar-refractivity contribution in [2.75, 3.05) is 34.3 Å². The average Bonchev–Trinajstić information content (AvgIpc) is 3.38. The lowest BCUT2D eigenvalue weighted by Gasteiger charge is -2.37. The van der Waals surface area contributed by atoms with Gasteiger partial charge in [-0.2, -0.15) is 0 Å². The van der Waals surface area contributed by atoms with Gasteiger partial charge in [0.2, 0.25) is 0 Å². The molecule has 31 heavy (non-hydrogen) atoms. The molecule has 7 heteroatoms. The molecule has 3 aromatic rings. The molecule has 7 nitrogen and oxygen atoms in total. The Morgan fingerprint density at radius 3 is 2.71 bits per heavy atom. The van der Waals surface area contributed by atoms with E-state index in [1.807, 2.05) is 13.3 Å². The molecule has 0 radical (unpaired) electrons. The molecular weight excluding hydrogens is 388 g/mol. The Bertz CT molecular complexity index is 1030. The number of para-hydroxylation sites is 1. The summed E-state index contributed by atoms with van der Waals surface area (Å²) >= 11 is 0. The van der Waals surface area contributed by atoms with Gasteiger partial charge in [-0.1, -0.05) is 23.4 Å². The highest BCUT2D eigenvalue weighted by Gasteiger charge is 2.43. The van der Waals surface area contributed by atoms with E-state index < -0.39 is 0 Å². The second-order valence-electron chi connectivity index (χ2n) is 9.44.